The van der Waals surface area contributed by atoms with Gasteiger partial charge in [0, 0.05) is 12.5 Å². The fraction of sp³-hybridized carbons (Fsp3) is 0.222. The van der Waals surface area contributed by atoms with Crippen LogP contribution < -0.4 is 5.32 Å². The maximum atomic E-state index is 13.0. The van der Waals surface area contributed by atoms with E-state index in [1.807, 2.05) is 43.5 Å². The van der Waals surface area contributed by atoms with E-state index in [9.17, 15) is 13.2 Å². The lowest BCUT2D eigenvalue weighted by Crippen LogP contribution is -2.20. The number of nitrogens with one attached hydrogen (secondary N) is 1. The smallest absolute Gasteiger partial charge is 0.319 e. The predicted octanol–water partition coefficient (Wildman–Crippen LogP) is 4.54. The van der Waals surface area contributed by atoms with Crippen molar-refractivity contribution >= 4 is 12.2 Å². The summed E-state index contributed by atoms with van der Waals surface area (Å²) in [5, 5.41) is 3.10. The molecular weight excluding hydrogens is 287 g/mol. The van der Waals surface area contributed by atoms with Gasteiger partial charge in [-0.25, -0.2) is 0 Å². The Morgan fingerprint density at radius 1 is 0.955 bits per heavy atom. The molecule has 0 spiro atoms. The van der Waals surface area contributed by atoms with Gasteiger partial charge in [-0.2, -0.15) is 13.2 Å². The molecule has 3 rings (SSSR count). The first kappa shape index (κ1) is 14.9. The average Bonchev–Trinajstić information content (AvgIpc) is 2.64. The summed E-state index contributed by atoms with van der Waals surface area (Å²) in [5.41, 5.74) is 3.05. The molecule has 1 aliphatic rings. The molecule has 0 aromatic heterocycles. The first-order valence-electron chi connectivity index (χ1n) is 7.13. The lowest BCUT2D eigenvalue weighted by Gasteiger charge is -2.21. The Bertz CT molecular complexity index is 717. The molecule has 0 amide bonds. The van der Waals surface area contributed by atoms with E-state index in [4.69, 9.17) is 0 Å². The Morgan fingerprint density at radius 3 is 2.32 bits per heavy atom. The Balaban J connectivity index is 2.19. The second kappa shape index (κ2) is 5.61. The van der Waals surface area contributed by atoms with Crippen LogP contribution in [0.3, 0.4) is 0 Å². The molecular formula is C18H16F3N. The highest BCUT2D eigenvalue weighted by molar-refractivity contribution is 5.76. The molecule has 0 saturated heterocycles. The first-order valence-corrected chi connectivity index (χ1v) is 7.13. The quantitative estimate of drug-likeness (QED) is 0.859. The van der Waals surface area contributed by atoms with Crippen molar-refractivity contribution in [3.63, 3.8) is 0 Å². The third-order valence-corrected chi connectivity index (χ3v) is 4.01. The van der Waals surface area contributed by atoms with Crippen LogP contribution in [0.5, 0.6) is 0 Å². The van der Waals surface area contributed by atoms with Gasteiger partial charge < -0.3 is 5.32 Å². The van der Waals surface area contributed by atoms with Gasteiger partial charge in [0.05, 0.1) is 5.56 Å². The van der Waals surface area contributed by atoms with E-state index in [0.717, 1.165) is 22.8 Å². The summed E-state index contributed by atoms with van der Waals surface area (Å²) in [7, 11) is 1.81. The molecule has 0 aliphatic heterocycles. The maximum absolute atomic E-state index is 13.0. The van der Waals surface area contributed by atoms with Gasteiger partial charge in [-0.1, -0.05) is 42.5 Å². The molecule has 0 bridgehead atoms. The van der Waals surface area contributed by atoms with E-state index in [0.29, 0.717) is 12.1 Å². The molecule has 1 atom stereocenters. The molecule has 1 unspecified atom stereocenters. The molecule has 114 valence electrons. The van der Waals surface area contributed by atoms with Crippen molar-refractivity contribution in [3.8, 4) is 0 Å². The number of alkyl halides is 3. The van der Waals surface area contributed by atoms with Gasteiger partial charge >= 0.3 is 6.18 Å². The van der Waals surface area contributed by atoms with E-state index >= 15 is 0 Å². The highest BCUT2D eigenvalue weighted by atomic mass is 19.4. The molecule has 0 heterocycles. The lowest BCUT2D eigenvalue weighted by molar-refractivity contribution is -0.137. The van der Waals surface area contributed by atoms with Gasteiger partial charge in [0.2, 0.25) is 0 Å². The number of rotatable bonds is 2. The molecule has 4 heteroatoms. The Labute approximate surface area is 127 Å². The minimum absolute atomic E-state index is 0.103. The summed E-state index contributed by atoms with van der Waals surface area (Å²) < 4.78 is 39.1. The van der Waals surface area contributed by atoms with Gasteiger partial charge in [-0.3, -0.25) is 0 Å². The summed E-state index contributed by atoms with van der Waals surface area (Å²) in [6.45, 7) is 0.590. The minimum Gasteiger partial charge on any atom is -0.319 e. The van der Waals surface area contributed by atoms with Crippen LogP contribution in [0.4, 0.5) is 13.2 Å². The van der Waals surface area contributed by atoms with Crippen molar-refractivity contribution in [1.29, 1.82) is 0 Å². The number of hydrogen-bond acceptors (Lipinski definition) is 1. The van der Waals surface area contributed by atoms with Crippen molar-refractivity contribution in [2.24, 2.45) is 0 Å². The van der Waals surface area contributed by atoms with Crippen molar-refractivity contribution in [2.75, 3.05) is 13.6 Å². The third-order valence-electron chi connectivity index (χ3n) is 4.01. The predicted molar refractivity (Wildman–Crippen MR) is 82.6 cm³/mol. The van der Waals surface area contributed by atoms with Gasteiger partial charge in [-0.05, 0) is 41.4 Å². The van der Waals surface area contributed by atoms with Gasteiger partial charge in [0.15, 0.2) is 0 Å². The number of halogens is 3. The SMILES string of the molecule is CNCC1c2ccccc2C=Cc2ccc(C(F)(F)F)cc21. The summed E-state index contributed by atoms with van der Waals surface area (Å²) in [5.74, 6) is -0.103. The average molecular weight is 303 g/mol. The van der Waals surface area contributed by atoms with Crippen LogP contribution in [0, 0.1) is 0 Å². The van der Waals surface area contributed by atoms with Crippen molar-refractivity contribution in [1.82, 2.24) is 5.32 Å². The lowest BCUT2D eigenvalue weighted by atomic mass is 9.86. The second-order valence-electron chi connectivity index (χ2n) is 5.41. The Morgan fingerprint density at radius 2 is 1.64 bits per heavy atom. The van der Waals surface area contributed by atoms with Crippen LogP contribution in [0.25, 0.3) is 12.2 Å². The molecule has 0 saturated carbocycles. The molecule has 1 N–H and O–H groups in total. The fourth-order valence-corrected chi connectivity index (χ4v) is 2.96. The van der Waals surface area contributed by atoms with Crippen LogP contribution in [0.1, 0.15) is 33.7 Å². The van der Waals surface area contributed by atoms with E-state index in [-0.39, 0.29) is 5.92 Å². The van der Waals surface area contributed by atoms with Crippen molar-refractivity contribution in [2.45, 2.75) is 12.1 Å². The molecule has 1 aliphatic carbocycles. The summed E-state index contributed by atoms with van der Waals surface area (Å²) in [4.78, 5) is 0. The summed E-state index contributed by atoms with van der Waals surface area (Å²) in [6.07, 6.45) is -0.462. The Hall–Kier alpha value is -2.07. The number of hydrogen-bond donors (Lipinski definition) is 1. The maximum Gasteiger partial charge on any atom is 0.416 e. The zero-order chi connectivity index (χ0) is 15.7. The molecule has 1 nitrogen and oxygen atoms in total. The second-order valence-corrected chi connectivity index (χ2v) is 5.41. The summed E-state index contributed by atoms with van der Waals surface area (Å²) in [6, 6.07) is 11.8. The summed E-state index contributed by atoms with van der Waals surface area (Å²) >= 11 is 0. The number of benzene rings is 2. The molecule has 0 fully saturated rings. The highest BCUT2D eigenvalue weighted by Crippen LogP contribution is 2.38. The minimum atomic E-state index is -4.32. The van der Waals surface area contributed by atoms with Crippen LogP contribution in [-0.4, -0.2) is 13.6 Å². The van der Waals surface area contributed by atoms with E-state index in [1.165, 1.54) is 6.07 Å². The van der Waals surface area contributed by atoms with Gasteiger partial charge in [-0.15, -0.1) is 0 Å². The van der Waals surface area contributed by atoms with Gasteiger partial charge in [0.25, 0.3) is 0 Å². The number of fused-ring (bicyclic) bond motifs is 2. The molecule has 0 radical (unpaired) electrons. The topological polar surface area (TPSA) is 12.0 Å². The zero-order valence-corrected chi connectivity index (χ0v) is 12.1. The van der Waals surface area contributed by atoms with Crippen molar-refractivity contribution < 1.29 is 13.2 Å². The van der Waals surface area contributed by atoms with Crippen LogP contribution in [0.15, 0.2) is 42.5 Å². The largest absolute Gasteiger partial charge is 0.416 e. The highest BCUT2D eigenvalue weighted by Gasteiger charge is 2.32. The normalized spacial score (nSPS) is 16.8. The zero-order valence-electron chi connectivity index (χ0n) is 12.1. The molecule has 2 aromatic rings. The fourth-order valence-electron chi connectivity index (χ4n) is 2.96. The van der Waals surface area contributed by atoms with Gasteiger partial charge in [0.1, 0.15) is 0 Å². The van der Waals surface area contributed by atoms with Crippen LogP contribution in [-0.2, 0) is 6.18 Å². The van der Waals surface area contributed by atoms with E-state index < -0.39 is 11.7 Å². The van der Waals surface area contributed by atoms with Crippen molar-refractivity contribution in [3.05, 3.63) is 70.3 Å². The first-order chi connectivity index (χ1) is 10.5. The van der Waals surface area contributed by atoms with E-state index in [2.05, 4.69) is 5.32 Å². The molecule has 2 aromatic carbocycles. The monoisotopic (exact) mass is 303 g/mol. The molecule has 22 heavy (non-hydrogen) atoms. The Kier molecular flexibility index (Phi) is 3.79. The van der Waals surface area contributed by atoms with Crippen LogP contribution >= 0.6 is 0 Å². The van der Waals surface area contributed by atoms with E-state index in [1.54, 1.807) is 6.07 Å². The number of likely N-dealkylation sites (N-methyl/N-ethyl adjacent to an activating group) is 1. The third kappa shape index (κ3) is 2.66. The standard InChI is InChI=1S/C18H16F3N/c1-22-11-17-15-5-3-2-4-12(15)6-7-13-8-9-14(10-16(13)17)18(19,20)21/h2-10,17,22H,11H2,1H3. The van der Waals surface area contributed by atoms with Crippen LogP contribution in [0.2, 0.25) is 0 Å².